The lowest BCUT2D eigenvalue weighted by Crippen LogP contribution is -2.42. The van der Waals surface area contributed by atoms with Crippen molar-refractivity contribution in [1.82, 2.24) is 4.31 Å². The predicted molar refractivity (Wildman–Crippen MR) is 116 cm³/mol. The first-order valence-electron chi connectivity index (χ1n) is 11.1. The number of nitrogens with one attached hydrogen (secondary N) is 1. The van der Waals surface area contributed by atoms with E-state index in [1.807, 2.05) is 0 Å². The van der Waals surface area contributed by atoms with Gasteiger partial charge in [0.1, 0.15) is 10.7 Å². The van der Waals surface area contributed by atoms with E-state index in [1.54, 1.807) is 0 Å². The molecule has 2 atom stereocenters. The van der Waals surface area contributed by atoms with Crippen LogP contribution >= 0.6 is 0 Å². The number of aliphatic hydroxyl groups excluding tert-OH is 1. The molecule has 3 N–H and O–H groups in total. The molecule has 2 aromatic rings. The second-order valence-corrected chi connectivity index (χ2v) is 10.9. The summed E-state index contributed by atoms with van der Waals surface area (Å²) in [5, 5.41) is 23.7. The summed E-state index contributed by atoms with van der Waals surface area (Å²) in [6.45, 7) is 0.204. The fourth-order valence-electron chi connectivity index (χ4n) is 4.45. The average molecular weight is 503 g/mol. The van der Waals surface area contributed by atoms with Crippen molar-refractivity contribution in [3.05, 3.63) is 59.2 Å². The van der Waals surface area contributed by atoms with Crippen LogP contribution in [0.3, 0.4) is 0 Å². The minimum Gasteiger partial charge on any atom is -0.390 e. The highest BCUT2D eigenvalue weighted by atomic mass is 32.2. The molecule has 2 aliphatic rings. The normalized spacial score (nSPS) is 23.2. The van der Waals surface area contributed by atoms with E-state index in [1.165, 1.54) is 0 Å². The van der Waals surface area contributed by atoms with Crippen molar-refractivity contribution in [2.45, 2.75) is 55.2 Å². The fraction of sp³-hybridized carbons (Fsp3) is 0.478. The fourth-order valence-corrected chi connectivity index (χ4v) is 6.03. The molecular formula is C23H26F4N2O4S. The van der Waals surface area contributed by atoms with E-state index >= 15 is 0 Å². The van der Waals surface area contributed by atoms with Gasteiger partial charge in [0, 0.05) is 36.5 Å². The van der Waals surface area contributed by atoms with Gasteiger partial charge in [0.15, 0.2) is 23.7 Å². The van der Waals surface area contributed by atoms with Gasteiger partial charge in [-0.15, -0.1) is 0 Å². The van der Waals surface area contributed by atoms with Crippen LogP contribution in [0.15, 0.2) is 35.2 Å². The molecule has 11 heteroatoms. The van der Waals surface area contributed by atoms with Gasteiger partial charge in [-0.05, 0) is 56.6 Å². The van der Waals surface area contributed by atoms with Gasteiger partial charge < -0.3 is 15.5 Å². The van der Waals surface area contributed by atoms with Crippen molar-refractivity contribution in [3.8, 4) is 0 Å². The number of sulfonamides is 1. The first-order valence-corrected chi connectivity index (χ1v) is 12.6. The lowest BCUT2D eigenvalue weighted by atomic mass is 9.87. The van der Waals surface area contributed by atoms with Crippen LogP contribution in [0.5, 0.6) is 0 Å². The van der Waals surface area contributed by atoms with Crippen molar-refractivity contribution in [3.63, 3.8) is 0 Å². The summed E-state index contributed by atoms with van der Waals surface area (Å²) in [6.07, 6.45) is 2.18. The Hall–Kier alpha value is -2.21. The molecule has 1 saturated carbocycles. The van der Waals surface area contributed by atoms with E-state index in [0.29, 0.717) is 31.4 Å². The number of nitrogens with zero attached hydrogens (tertiary/aromatic N) is 1. The van der Waals surface area contributed by atoms with E-state index in [9.17, 15) is 36.2 Å². The number of halogens is 4. The van der Waals surface area contributed by atoms with E-state index in [0.717, 1.165) is 35.3 Å². The number of hydrogen-bond donors (Lipinski definition) is 3. The van der Waals surface area contributed by atoms with Crippen LogP contribution in [0.4, 0.5) is 23.2 Å². The van der Waals surface area contributed by atoms with Crippen LogP contribution in [0.1, 0.15) is 50.3 Å². The Bertz CT molecular complexity index is 1150. The molecule has 0 amide bonds. The molecule has 1 saturated heterocycles. The number of rotatable bonds is 6. The van der Waals surface area contributed by atoms with E-state index in [-0.39, 0.29) is 36.7 Å². The molecule has 2 fully saturated rings. The highest BCUT2D eigenvalue weighted by Crippen LogP contribution is 2.45. The third-order valence-corrected chi connectivity index (χ3v) is 8.49. The van der Waals surface area contributed by atoms with E-state index in [4.69, 9.17) is 0 Å². The summed E-state index contributed by atoms with van der Waals surface area (Å²) in [5.41, 5.74) is -1.29. The Labute approximate surface area is 195 Å². The molecule has 4 rings (SSSR count). The molecule has 1 aliphatic carbocycles. The second kappa shape index (κ2) is 9.44. The molecule has 6 nitrogen and oxygen atoms in total. The first-order chi connectivity index (χ1) is 16.0. The molecule has 0 spiro atoms. The van der Waals surface area contributed by atoms with Crippen LogP contribution in [0, 0.1) is 29.2 Å². The number of aliphatic hydroxyl groups is 2. The molecule has 2 aromatic carbocycles. The standard InChI is InChI=1S/C23H26F4N2O4S/c24-17-6-3-14(22(30)28-16-12-18(25)21(27)19(26)13-16)11-20(17)34(32,33)29-9-2-1-7-23(31,8-10-29)15-4-5-15/h3,6,11-13,15,22,28,30-31H,1-2,4-5,7-10H2. The molecule has 1 heterocycles. The second-order valence-electron chi connectivity index (χ2n) is 8.98. The molecule has 0 radical (unpaired) electrons. The minimum absolute atomic E-state index is 0.0357. The predicted octanol–water partition coefficient (Wildman–Crippen LogP) is 4.05. The molecule has 34 heavy (non-hydrogen) atoms. The van der Waals surface area contributed by atoms with Gasteiger partial charge in [-0.25, -0.2) is 26.0 Å². The molecule has 1 aliphatic heterocycles. The minimum atomic E-state index is -4.30. The van der Waals surface area contributed by atoms with Crippen molar-refractivity contribution < 1.29 is 36.2 Å². The Morgan fingerprint density at radius 2 is 1.65 bits per heavy atom. The van der Waals surface area contributed by atoms with Gasteiger partial charge >= 0.3 is 0 Å². The van der Waals surface area contributed by atoms with Crippen LogP contribution in [-0.2, 0) is 10.0 Å². The number of anilines is 1. The smallest absolute Gasteiger partial charge is 0.245 e. The van der Waals surface area contributed by atoms with Gasteiger partial charge in [0.05, 0.1) is 5.60 Å². The summed E-state index contributed by atoms with van der Waals surface area (Å²) < 4.78 is 82.4. The number of benzene rings is 2. The third-order valence-electron chi connectivity index (χ3n) is 6.57. The highest BCUT2D eigenvalue weighted by Gasteiger charge is 2.44. The Kier molecular flexibility index (Phi) is 6.92. The Morgan fingerprint density at radius 1 is 0.971 bits per heavy atom. The van der Waals surface area contributed by atoms with Gasteiger partial charge in [0.25, 0.3) is 0 Å². The Morgan fingerprint density at radius 3 is 2.29 bits per heavy atom. The summed E-state index contributed by atoms with van der Waals surface area (Å²) in [7, 11) is -4.30. The quantitative estimate of drug-likeness (QED) is 0.315. The SMILES string of the molecule is O=S(=O)(c1cc(C(O)Nc2cc(F)c(F)c(F)c2)ccc1F)N1CCCCC(O)(C2CC2)CC1. The average Bonchev–Trinajstić information content (AvgIpc) is 3.61. The van der Waals surface area contributed by atoms with Gasteiger partial charge in [-0.2, -0.15) is 4.31 Å². The zero-order chi connectivity index (χ0) is 24.7. The Balaban J connectivity index is 1.56. The van der Waals surface area contributed by atoms with Crippen LogP contribution in [0.25, 0.3) is 0 Å². The number of hydrogen-bond acceptors (Lipinski definition) is 5. The third kappa shape index (κ3) is 5.07. The van der Waals surface area contributed by atoms with Gasteiger partial charge in [-0.3, -0.25) is 0 Å². The lowest BCUT2D eigenvalue weighted by molar-refractivity contribution is -0.0100. The zero-order valence-electron chi connectivity index (χ0n) is 18.3. The largest absolute Gasteiger partial charge is 0.390 e. The first kappa shape index (κ1) is 24.9. The van der Waals surface area contributed by atoms with Crippen molar-refractivity contribution in [2.24, 2.45) is 5.92 Å². The van der Waals surface area contributed by atoms with Crippen LogP contribution < -0.4 is 5.32 Å². The van der Waals surface area contributed by atoms with Crippen LogP contribution in [0.2, 0.25) is 0 Å². The maximum Gasteiger partial charge on any atom is 0.245 e. The van der Waals surface area contributed by atoms with Crippen molar-refractivity contribution in [1.29, 1.82) is 0 Å². The summed E-state index contributed by atoms with van der Waals surface area (Å²) in [4.78, 5) is -0.655. The molecule has 0 bridgehead atoms. The summed E-state index contributed by atoms with van der Waals surface area (Å²) >= 11 is 0. The maximum atomic E-state index is 14.6. The zero-order valence-corrected chi connectivity index (χ0v) is 19.1. The lowest BCUT2D eigenvalue weighted by Gasteiger charge is -2.34. The summed E-state index contributed by atoms with van der Waals surface area (Å²) in [5.74, 6) is -5.47. The van der Waals surface area contributed by atoms with Crippen LogP contribution in [-0.4, -0.2) is 41.6 Å². The van der Waals surface area contributed by atoms with Crippen molar-refractivity contribution in [2.75, 3.05) is 18.4 Å². The van der Waals surface area contributed by atoms with E-state index < -0.39 is 50.0 Å². The molecular weight excluding hydrogens is 476 g/mol. The summed E-state index contributed by atoms with van der Waals surface area (Å²) in [6, 6.07) is 4.21. The van der Waals surface area contributed by atoms with Crippen molar-refractivity contribution >= 4 is 15.7 Å². The monoisotopic (exact) mass is 502 g/mol. The molecule has 186 valence electrons. The highest BCUT2D eigenvalue weighted by molar-refractivity contribution is 7.89. The molecule has 0 aromatic heterocycles. The van der Waals surface area contributed by atoms with Gasteiger partial charge in [0.2, 0.25) is 10.0 Å². The topological polar surface area (TPSA) is 89.9 Å². The maximum absolute atomic E-state index is 14.6. The van der Waals surface area contributed by atoms with E-state index in [2.05, 4.69) is 5.32 Å². The molecule has 2 unspecified atom stereocenters. The van der Waals surface area contributed by atoms with Gasteiger partial charge in [-0.1, -0.05) is 6.07 Å².